The van der Waals surface area contributed by atoms with Crippen molar-refractivity contribution in [2.24, 2.45) is 0 Å². The smallest absolute Gasteiger partial charge is 0.351 e. The van der Waals surface area contributed by atoms with E-state index in [-0.39, 0.29) is 5.82 Å². The first-order chi connectivity index (χ1) is 17.5. The molecule has 0 amide bonds. The second-order valence-corrected chi connectivity index (χ2v) is 11.1. The Balaban J connectivity index is 0.000000361. The maximum absolute atomic E-state index is 11.5. The van der Waals surface area contributed by atoms with E-state index in [1.807, 2.05) is 0 Å². The van der Waals surface area contributed by atoms with Crippen LogP contribution in [0.3, 0.4) is 0 Å². The van der Waals surface area contributed by atoms with E-state index in [9.17, 15) is 15.0 Å². The van der Waals surface area contributed by atoms with Gasteiger partial charge in [0.2, 0.25) is 0 Å². The topological polar surface area (TPSA) is 131 Å². The van der Waals surface area contributed by atoms with Crippen LogP contribution in [0.4, 0.5) is 5.82 Å². The molecule has 5 N–H and O–H groups in total. The van der Waals surface area contributed by atoms with Gasteiger partial charge in [-0.05, 0) is 6.07 Å². The SMILES string of the molecule is CCCCCCCCCCCCCCCCC[CH2][Na].Nc1ccn([C@@H]2O[C@H](CO)[C@@H](O)[C@H]2O)c(=O)n1. The zero-order valence-corrected chi connectivity index (χ0v) is 24.8. The maximum Gasteiger partial charge on any atom is 0.351 e. The van der Waals surface area contributed by atoms with Gasteiger partial charge in [0.25, 0.3) is 0 Å². The van der Waals surface area contributed by atoms with Crippen LogP contribution in [0.15, 0.2) is 17.1 Å². The van der Waals surface area contributed by atoms with Gasteiger partial charge in [-0.25, -0.2) is 4.79 Å². The molecule has 1 aromatic heterocycles. The molecule has 0 unspecified atom stereocenters. The number of anilines is 1. The number of unbranched alkanes of at least 4 members (excludes halogenated alkanes) is 15. The van der Waals surface area contributed by atoms with Gasteiger partial charge < -0.3 is 25.8 Å². The number of aliphatic hydroxyl groups excluding tert-OH is 3. The minimum Gasteiger partial charge on any atom is -0.394 e. The van der Waals surface area contributed by atoms with Crippen LogP contribution in [0.25, 0.3) is 0 Å². The summed E-state index contributed by atoms with van der Waals surface area (Å²) in [6.07, 6.45) is 20.5. The fraction of sp³-hybridized carbons (Fsp3) is 0.852. The van der Waals surface area contributed by atoms with E-state index in [0.29, 0.717) is 0 Å². The standard InChI is InChI=1S/C18H37.C9H13N3O5.Na/c1-3-5-7-9-11-13-15-17-18-16-14-12-10-8-6-4-2;10-5-1-2-12(9(16)11-5)8-7(15)6(14)4(3-13)17-8;/h1,3-18H2,2H3;1-2,4,6-8,13-15H,3H2,(H2,10,11,16);/t;4-,6-,7-,8-;/m.1./s1. The van der Waals surface area contributed by atoms with Crippen molar-refractivity contribution in [1.82, 2.24) is 9.55 Å². The Kier molecular flexibility index (Phi) is 20.0. The van der Waals surface area contributed by atoms with Gasteiger partial charge in [0, 0.05) is 6.20 Å². The predicted molar refractivity (Wildman–Crippen MR) is 146 cm³/mol. The summed E-state index contributed by atoms with van der Waals surface area (Å²) in [5.41, 5.74) is 4.63. The Morgan fingerprint density at radius 2 is 1.36 bits per heavy atom. The quantitative estimate of drug-likeness (QED) is 0.168. The number of nitrogens with two attached hydrogens (primary N) is 1. The van der Waals surface area contributed by atoms with E-state index in [1.165, 1.54) is 147 Å². The third-order valence-corrected chi connectivity index (χ3v) is 7.56. The van der Waals surface area contributed by atoms with E-state index >= 15 is 0 Å². The molecule has 9 heteroatoms. The first kappa shape index (κ1) is 33.5. The van der Waals surface area contributed by atoms with Crippen LogP contribution in [0.5, 0.6) is 0 Å². The molecule has 4 atom stereocenters. The van der Waals surface area contributed by atoms with Crippen LogP contribution < -0.4 is 11.4 Å². The number of ether oxygens (including phenoxy) is 1. The van der Waals surface area contributed by atoms with Crippen molar-refractivity contribution in [2.75, 3.05) is 12.3 Å². The van der Waals surface area contributed by atoms with Crippen molar-refractivity contribution in [2.45, 2.75) is 138 Å². The van der Waals surface area contributed by atoms with E-state index in [4.69, 9.17) is 15.6 Å². The van der Waals surface area contributed by atoms with Crippen molar-refractivity contribution < 1.29 is 20.1 Å². The number of hydrogen-bond donors (Lipinski definition) is 4. The van der Waals surface area contributed by atoms with Crippen LogP contribution in [0, 0.1) is 0 Å². The average molecular weight is 520 g/mol. The van der Waals surface area contributed by atoms with Gasteiger partial charge >= 0.3 is 108 Å². The minimum atomic E-state index is -1.31. The number of nitrogen functional groups attached to an aromatic ring is 1. The molecule has 8 nitrogen and oxygen atoms in total. The van der Waals surface area contributed by atoms with Crippen LogP contribution in [-0.2, 0) is 4.74 Å². The Morgan fingerprint density at radius 3 is 1.75 bits per heavy atom. The molecule has 1 fully saturated rings. The van der Waals surface area contributed by atoms with Crippen molar-refractivity contribution in [3.05, 3.63) is 22.7 Å². The van der Waals surface area contributed by atoms with E-state index in [1.54, 1.807) is 0 Å². The molecule has 0 radical (unpaired) electrons. The number of aliphatic hydroxyl groups is 3. The second kappa shape index (κ2) is 21.5. The third-order valence-electron chi connectivity index (χ3n) is 6.85. The van der Waals surface area contributed by atoms with Crippen molar-refractivity contribution >= 4 is 33.7 Å². The zero-order valence-electron chi connectivity index (χ0n) is 22.8. The third kappa shape index (κ3) is 13.9. The van der Waals surface area contributed by atoms with Gasteiger partial charge in [0.05, 0.1) is 6.61 Å². The number of hydrogen-bond acceptors (Lipinski definition) is 7. The van der Waals surface area contributed by atoms with E-state index in [0.717, 1.165) is 4.57 Å². The normalized spacial score (nSPS) is 21.4. The Morgan fingerprint density at radius 1 is 0.889 bits per heavy atom. The molecule has 1 saturated heterocycles. The van der Waals surface area contributed by atoms with Gasteiger partial charge in [0.15, 0.2) is 6.23 Å². The van der Waals surface area contributed by atoms with Crippen molar-refractivity contribution in [3.63, 3.8) is 0 Å². The summed E-state index contributed by atoms with van der Waals surface area (Å²) in [6, 6.07) is 1.37. The Labute approximate surface area is 235 Å². The van der Waals surface area contributed by atoms with Crippen LogP contribution in [0.2, 0.25) is 3.67 Å². The molecule has 1 aliphatic rings. The predicted octanol–water partition coefficient (Wildman–Crippen LogP) is 4.27. The molecule has 1 aromatic rings. The summed E-state index contributed by atoms with van der Waals surface area (Å²) in [4.78, 5) is 15.0. The van der Waals surface area contributed by atoms with Gasteiger partial charge in [-0.3, -0.25) is 4.57 Å². The van der Waals surface area contributed by atoms with Crippen LogP contribution >= 0.6 is 0 Å². The number of nitrogens with zero attached hydrogens (tertiary/aromatic N) is 2. The first-order valence-electron chi connectivity index (χ1n) is 14.4. The molecule has 0 spiro atoms. The van der Waals surface area contributed by atoms with Crippen LogP contribution in [-0.4, -0.2) is 77.7 Å². The summed E-state index contributed by atoms with van der Waals surface area (Å²) in [7, 11) is 0. The number of aromatic nitrogens is 2. The summed E-state index contributed by atoms with van der Waals surface area (Å²) >= 11 is 1.41. The molecule has 0 saturated carbocycles. The van der Waals surface area contributed by atoms with Gasteiger partial charge in [-0.15, -0.1) is 0 Å². The maximum atomic E-state index is 11.5. The zero-order chi connectivity index (χ0) is 26.6. The average Bonchev–Trinajstić information content (AvgIpc) is 3.15. The first-order valence-corrected chi connectivity index (χ1v) is 15.8. The van der Waals surface area contributed by atoms with E-state index < -0.39 is 36.8 Å². The van der Waals surface area contributed by atoms with Crippen molar-refractivity contribution in [1.29, 1.82) is 0 Å². The molecule has 0 bridgehead atoms. The van der Waals surface area contributed by atoms with Gasteiger partial charge in [-0.2, -0.15) is 4.98 Å². The molecule has 36 heavy (non-hydrogen) atoms. The molecule has 2 rings (SSSR count). The molecule has 0 aliphatic carbocycles. The fourth-order valence-electron chi connectivity index (χ4n) is 4.53. The molecule has 0 aromatic carbocycles. The van der Waals surface area contributed by atoms with Gasteiger partial charge in [0.1, 0.15) is 24.1 Å². The largest absolute Gasteiger partial charge is 0.394 e. The molecule has 2 heterocycles. The molecule has 204 valence electrons. The summed E-state index contributed by atoms with van der Waals surface area (Å²) in [6.45, 7) is 1.84. The van der Waals surface area contributed by atoms with Gasteiger partial charge in [-0.1, -0.05) is 39.0 Å². The van der Waals surface area contributed by atoms with Crippen molar-refractivity contribution in [3.8, 4) is 0 Å². The summed E-state index contributed by atoms with van der Waals surface area (Å²) in [5.74, 6) is 0.0537. The molecule has 1 aliphatic heterocycles. The van der Waals surface area contributed by atoms with E-state index in [2.05, 4.69) is 11.9 Å². The fourth-order valence-corrected chi connectivity index (χ4v) is 5.03. The minimum absolute atomic E-state index is 0.0537. The summed E-state index contributed by atoms with van der Waals surface area (Å²) in [5, 5.41) is 28.2. The molecular formula is C27H50N3NaO5. The Bertz CT molecular complexity index is 705. The van der Waals surface area contributed by atoms with Crippen LogP contribution in [0.1, 0.15) is 116 Å². The molecular weight excluding hydrogens is 469 g/mol. The summed E-state index contributed by atoms with van der Waals surface area (Å²) < 4.78 is 7.70. The Hall–Kier alpha value is -0.480. The number of rotatable bonds is 18. The second-order valence-electron chi connectivity index (χ2n) is 10.1. The monoisotopic (exact) mass is 519 g/mol.